The van der Waals surface area contributed by atoms with Gasteiger partial charge in [-0.3, -0.25) is 4.79 Å². The van der Waals surface area contributed by atoms with E-state index in [2.05, 4.69) is 12.6 Å². The summed E-state index contributed by atoms with van der Waals surface area (Å²) in [5.41, 5.74) is 1.02. The van der Waals surface area contributed by atoms with Gasteiger partial charge in [0.15, 0.2) is 0 Å². The Labute approximate surface area is 173 Å². The van der Waals surface area contributed by atoms with Crippen molar-refractivity contribution < 1.29 is 19.1 Å². The first-order chi connectivity index (χ1) is 13.5. The first-order valence-corrected chi connectivity index (χ1v) is 10.8. The van der Waals surface area contributed by atoms with E-state index in [-0.39, 0.29) is 22.2 Å². The highest BCUT2D eigenvalue weighted by molar-refractivity contribution is 8.14. The van der Waals surface area contributed by atoms with Crippen LogP contribution in [0.5, 0.6) is 0 Å². The van der Waals surface area contributed by atoms with Crippen molar-refractivity contribution in [3.63, 3.8) is 0 Å². The number of aromatic carboxylic acids is 1. The summed E-state index contributed by atoms with van der Waals surface area (Å²) in [4.78, 5) is 26.4. The second-order valence-corrected chi connectivity index (χ2v) is 9.00. The molecule has 1 aliphatic carbocycles. The van der Waals surface area contributed by atoms with Crippen LogP contribution >= 0.6 is 24.4 Å². The number of furan rings is 1. The molecule has 1 atom stereocenters. The standard InChI is InChI=1S/C21H21NO4S2/c23-19-18(28-21(27)22(19)15-4-2-1-3-5-15)12-16-10-11-17(26-16)13-6-8-14(9-7-13)20(24)25/h6-12,15,21,27H,1-5H2,(H,24,25)/b18-12-. The fourth-order valence-electron chi connectivity index (χ4n) is 3.74. The van der Waals surface area contributed by atoms with Crippen LogP contribution in [0.3, 0.4) is 0 Å². The molecular formula is C21H21NO4S2. The zero-order valence-corrected chi connectivity index (χ0v) is 16.9. The van der Waals surface area contributed by atoms with Crippen LogP contribution in [0.25, 0.3) is 17.4 Å². The molecule has 1 aromatic heterocycles. The Balaban J connectivity index is 1.52. The molecule has 7 heteroatoms. The molecule has 0 bridgehead atoms. The van der Waals surface area contributed by atoms with E-state index in [9.17, 15) is 9.59 Å². The summed E-state index contributed by atoms with van der Waals surface area (Å²) in [6.07, 6.45) is 7.45. The van der Waals surface area contributed by atoms with E-state index in [0.717, 1.165) is 18.4 Å². The average Bonchev–Trinajstić information content (AvgIpc) is 3.27. The minimum Gasteiger partial charge on any atom is -0.478 e. The van der Waals surface area contributed by atoms with E-state index < -0.39 is 5.97 Å². The first kappa shape index (κ1) is 19.2. The minimum absolute atomic E-state index is 0.0284. The van der Waals surface area contributed by atoms with Gasteiger partial charge in [-0.2, -0.15) is 0 Å². The molecule has 1 saturated carbocycles. The topological polar surface area (TPSA) is 70.8 Å². The lowest BCUT2D eigenvalue weighted by Crippen LogP contribution is -2.40. The second kappa shape index (κ2) is 8.09. The Hall–Kier alpha value is -2.12. The molecule has 2 aliphatic rings. The number of benzene rings is 1. The van der Waals surface area contributed by atoms with Gasteiger partial charge in [-0.15, -0.1) is 12.6 Å². The van der Waals surface area contributed by atoms with Gasteiger partial charge >= 0.3 is 5.97 Å². The molecule has 146 valence electrons. The van der Waals surface area contributed by atoms with Crippen molar-refractivity contribution in [2.45, 2.75) is 42.9 Å². The summed E-state index contributed by atoms with van der Waals surface area (Å²) in [7, 11) is 0. The molecule has 28 heavy (non-hydrogen) atoms. The monoisotopic (exact) mass is 415 g/mol. The highest BCUT2D eigenvalue weighted by Gasteiger charge is 2.39. The second-order valence-electron chi connectivity index (χ2n) is 7.04. The first-order valence-electron chi connectivity index (χ1n) is 9.35. The molecule has 1 saturated heterocycles. The lowest BCUT2D eigenvalue weighted by atomic mass is 9.94. The Bertz CT molecular complexity index is 913. The summed E-state index contributed by atoms with van der Waals surface area (Å²) < 4.78 is 5.71. The van der Waals surface area contributed by atoms with Crippen LogP contribution in [0.1, 0.15) is 48.2 Å². The number of nitrogens with zero attached hydrogens (tertiary/aromatic N) is 1. The predicted octanol–water partition coefficient (Wildman–Crippen LogP) is 5.11. The van der Waals surface area contributed by atoms with Gasteiger partial charge in [0, 0.05) is 17.7 Å². The molecule has 1 unspecified atom stereocenters. The molecule has 1 amide bonds. The fraction of sp³-hybridized carbons (Fsp3) is 0.333. The SMILES string of the molecule is O=C(O)c1ccc(-c2ccc(/C=C3\SC(S)N(C4CCCCC4)C3=O)o2)cc1. The Morgan fingerprint density at radius 3 is 2.54 bits per heavy atom. The number of carbonyl (C=O) groups excluding carboxylic acids is 1. The van der Waals surface area contributed by atoms with Crippen molar-refractivity contribution in [3.05, 3.63) is 52.6 Å². The molecular weight excluding hydrogens is 394 g/mol. The van der Waals surface area contributed by atoms with Crippen molar-refractivity contribution in [2.75, 3.05) is 0 Å². The van der Waals surface area contributed by atoms with Gasteiger partial charge in [-0.05, 0) is 37.1 Å². The third kappa shape index (κ3) is 3.86. The van der Waals surface area contributed by atoms with Crippen LogP contribution in [0.4, 0.5) is 0 Å². The number of carboxylic acid groups (broad SMARTS) is 1. The average molecular weight is 416 g/mol. The van der Waals surface area contributed by atoms with E-state index in [1.165, 1.54) is 31.0 Å². The summed E-state index contributed by atoms with van der Waals surface area (Å²) >= 11 is 6.08. The molecule has 0 radical (unpaired) electrons. The maximum Gasteiger partial charge on any atom is 0.335 e. The third-order valence-electron chi connectivity index (χ3n) is 5.20. The fourth-order valence-corrected chi connectivity index (χ4v) is 5.37. The van der Waals surface area contributed by atoms with Gasteiger partial charge in [0.1, 0.15) is 16.2 Å². The van der Waals surface area contributed by atoms with Crippen LogP contribution < -0.4 is 0 Å². The van der Waals surface area contributed by atoms with Crippen molar-refractivity contribution in [2.24, 2.45) is 0 Å². The lowest BCUT2D eigenvalue weighted by Gasteiger charge is -2.32. The van der Waals surface area contributed by atoms with E-state index in [1.807, 2.05) is 17.0 Å². The molecule has 0 spiro atoms. The lowest BCUT2D eigenvalue weighted by molar-refractivity contribution is -0.127. The van der Waals surface area contributed by atoms with E-state index in [0.29, 0.717) is 16.4 Å². The zero-order valence-electron chi connectivity index (χ0n) is 15.2. The molecule has 1 aliphatic heterocycles. The Morgan fingerprint density at radius 2 is 1.86 bits per heavy atom. The molecule has 5 nitrogen and oxygen atoms in total. The van der Waals surface area contributed by atoms with Gasteiger partial charge in [0.2, 0.25) is 0 Å². The summed E-state index contributed by atoms with van der Waals surface area (Å²) in [6, 6.07) is 10.4. The van der Waals surface area contributed by atoms with Gasteiger partial charge in [-0.25, -0.2) is 4.79 Å². The maximum atomic E-state index is 12.9. The molecule has 4 rings (SSSR count). The van der Waals surface area contributed by atoms with Crippen LogP contribution in [0.2, 0.25) is 0 Å². The number of hydrogen-bond acceptors (Lipinski definition) is 5. The minimum atomic E-state index is -0.961. The van der Waals surface area contributed by atoms with Crippen molar-refractivity contribution >= 4 is 42.3 Å². The molecule has 1 N–H and O–H groups in total. The number of carboxylic acids is 1. The van der Waals surface area contributed by atoms with Crippen LogP contribution in [-0.4, -0.2) is 32.6 Å². The highest BCUT2D eigenvalue weighted by Crippen LogP contribution is 2.42. The number of amides is 1. The zero-order chi connectivity index (χ0) is 19.7. The Morgan fingerprint density at radius 1 is 1.14 bits per heavy atom. The largest absolute Gasteiger partial charge is 0.478 e. The number of rotatable bonds is 4. The highest BCUT2D eigenvalue weighted by atomic mass is 32.2. The normalized spacial score (nSPS) is 22.2. The van der Waals surface area contributed by atoms with E-state index in [1.54, 1.807) is 30.3 Å². The summed E-state index contributed by atoms with van der Waals surface area (Å²) in [5, 5.41) is 9.00. The van der Waals surface area contributed by atoms with Gasteiger partial charge < -0.3 is 14.4 Å². The van der Waals surface area contributed by atoms with Crippen LogP contribution in [0, 0.1) is 0 Å². The van der Waals surface area contributed by atoms with Gasteiger partial charge in [0.25, 0.3) is 5.91 Å². The molecule has 1 aromatic carbocycles. The smallest absolute Gasteiger partial charge is 0.335 e. The molecule has 2 heterocycles. The van der Waals surface area contributed by atoms with Crippen molar-refractivity contribution in [1.29, 1.82) is 0 Å². The maximum absolute atomic E-state index is 12.9. The predicted molar refractivity (Wildman–Crippen MR) is 113 cm³/mol. The van der Waals surface area contributed by atoms with Gasteiger partial charge in [0.05, 0.1) is 10.5 Å². The summed E-state index contributed by atoms with van der Waals surface area (Å²) in [5.74, 6) is 0.294. The van der Waals surface area contributed by atoms with Crippen molar-refractivity contribution in [3.8, 4) is 11.3 Å². The van der Waals surface area contributed by atoms with Crippen molar-refractivity contribution in [1.82, 2.24) is 4.90 Å². The number of carbonyl (C=O) groups is 2. The van der Waals surface area contributed by atoms with Crippen LogP contribution in [-0.2, 0) is 4.79 Å². The molecule has 2 aromatic rings. The number of thioether (sulfide) groups is 1. The quantitative estimate of drug-likeness (QED) is 0.537. The third-order valence-corrected chi connectivity index (χ3v) is 6.75. The van der Waals surface area contributed by atoms with Gasteiger partial charge in [-0.1, -0.05) is 43.2 Å². The van der Waals surface area contributed by atoms with E-state index in [4.69, 9.17) is 9.52 Å². The molecule has 2 fully saturated rings. The van der Waals surface area contributed by atoms with Crippen LogP contribution in [0.15, 0.2) is 45.7 Å². The number of hydrogen-bond donors (Lipinski definition) is 2. The number of thiol groups is 1. The summed E-state index contributed by atoms with van der Waals surface area (Å²) in [6.45, 7) is 0. The Kier molecular flexibility index (Phi) is 5.55. The van der Waals surface area contributed by atoms with E-state index >= 15 is 0 Å².